The van der Waals surface area contributed by atoms with E-state index in [1.54, 1.807) is 18.3 Å². The highest BCUT2D eigenvalue weighted by Gasteiger charge is 2.34. The first kappa shape index (κ1) is 10.6. The molecule has 16 heavy (non-hydrogen) atoms. The van der Waals surface area contributed by atoms with Crippen LogP contribution < -0.4 is 5.73 Å². The molecule has 5 heteroatoms. The standard InChI is InChI=1S/C11H9F3N2/c12-11(13,14)9-6-7(15)3-4-8(9)10-2-1-5-16-10/h1-6,16H,15H2. The fourth-order valence-corrected chi connectivity index (χ4v) is 1.53. The van der Waals surface area contributed by atoms with Gasteiger partial charge in [0.15, 0.2) is 0 Å². The van der Waals surface area contributed by atoms with E-state index in [4.69, 9.17) is 5.73 Å². The lowest BCUT2D eigenvalue weighted by molar-refractivity contribution is -0.137. The molecule has 0 unspecified atom stereocenters. The largest absolute Gasteiger partial charge is 0.417 e. The van der Waals surface area contributed by atoms with E-state index in [0.717, 1.165) is 6.07 Å². The Balaban J connectivity index is 2.62. The summed E-state index contributed by atoms with van der Waals surface area (Å²) in [5.41, 5.74) is 5.27. The zero-order valence-electron chi connectivity index (χ0n) is 8.18. The van der Waals surface area contributed by atoms with Crippen LogP contribution in [0.3, 0.4) is 0 Å². The number of aromatic nitrogens is 1. The van der Waals surface area contributed by atoms with E-state index < -0.39 is 11.7 Å². The number of rotatable bonds is 1. The normalized spacial score (nSPS) is 11.7. The van der Waals surface area contributed by atoms with Gasteiger partial charge in [-0.2, -0.15) is 13.2 Å². The second-order valence-electron chi connectivity index (χ2n) is 3.39. The number of nitrogens with two attached hydrogens (primary N) is 1. The lowest BCUT2D eigenvalue weighted by Gasteiger charge is -2.12. The minimum Gasteiger partial charge on any atom is -0.399 e. The van der Waals surface area contributed by atoms with Crippen molar-refractivity contribution in [3.8, 4) is 11.3 Å². The molecule has 0 fully saturated rings. The van der Waals surface area contributed by atoms with Crippen LogP contribution in [-0.2, 0) is 6.18 Å². The van der Waals surface area contributed by atoms with Crippen molar-refractivity contribution in [1.29, 1.82) is 0 Å². The van der Waals surface area contributed by atoms with Gasteiger partial charge < -0.3 is 10.7 Å². The number of anilines is 1. The van der Waals surface area contributed by atoms with Gasteiger partial charge in [-0.05, 0) is 24.3 Å². The van der Waals surface area contributed by atoms with E-state index in [9.17, 15) is 13.2 Å². The Bertz CT molecular complexity index is 486. The number of halogens is 3. The third-order valence-corrected chi connectivity index (χ3v) is 2.24. The van der Waals surface area contributed by atoms with Crippen molar-refractivity contribution in [3.63, 3.8) is 0 Å². The van der Waals surface area contributed by atoms with E-state index in [0.29, 0.717) is 5.69 Å². The van der Waals surface area contributed by atoms with Gasteiger partial charge in [-0.15, -0.1) is 0 Å². The van der Waals surface area contributed by atoms with Gasteiger partial charge in [0.05, 0.1) is 5.56 Å². The number of hydrogen-bond acceptors (Lipinski definition) is 1. The molecule has 0 aliphatic carbocycles. The molecule has 0 spiro atoms. The van der Waals surface area contributed by atoms with Crippen molar-refractivity contribution in [2.24, 2.45) is 0 Å². The Kier molecular flexibility index (Phi) is 2.38. The highest BCUT2D eigenvalue weighted by atomic mass is 19.4. The van der Waals surface area contributed by atoms with Gasteiger partial charge in [0.1, 0.15) is 0 Å². The van der Waals surface area contributed by atoms with Crippen LogP contribution >= 0.6 is 0 Å². The van der Waals surface area contributed by atoms with Crippen LogP contribution in [0.5, 0.6) is 0 Å². The van der Waals surface area contributed by atoms with Gasteiger partial charge in [0.2, 0.25) is 0 Å². The molecule has 2 nitrogen and oxygen atoms in total. The third kappa shape index (κ3) is 1.88. The first-order chi connectivity index (χ1) is 7.48. The van der Waals surface area contributed by atoms with Gasteiger partial charge in [-0.25, -0.2) is 0 Å². The smallest absolute Gasteiger partial charge is 0.399 e. The highest BCUT2D eigenvalue weighted by Crippen LogP contribution is 2.37. The predicted molar refractivity (Wildman–Crippen MR) is 55.6 cm³/mol. The van der Waals surface area contributed by atoms with Crippen LogP contribution in [0.2, 0.25) is 0 Å². The lowest BCUT2D eigenvalue weighted by atomic mass is 10.0. The van der Waals surface area contributed by atoms with Gasteiger partial charge in [0, 0.05) is 23.1 Å². The van der Waals surface area contributed by atoms with Crippen molar-refractivity contribution in [3.05, 3.63) is 42.1 Å². The molecule has 3 N–H and O–H groups in total. The molecule has 0 amide bonds. The molecule has 0 radical (unpaired) electrons. The zero-order valence-corrected chi connectivity index (χ0v) is 8.18. The third-order valence-electron chi connectivity index (χ3n) is 2.24. The maximum atomic E-state index is 12.8. The minimum absolute atomic E-state index is 0.0997. The van der Waals surface area contributed by atoms with Crippen LogP contribution in [0.4, 0.5) is 18.9 Å². The van der Waals surface area contributed by atoms with Crippen molar-refractivity contribution >= 4 is 5.69 Å². The number of alkyl halides is 3. The summed E-state index contributed by atoms with van der Waals surface area (Å²) in [6.07, 6.45) is -2.83. The van der Waals surface area contributed by atoms with Crippen LogP contribution in [0.25, 0.3) is 11.3 Å². The second kappa shape index (κ2) is 3.59. The van der Waals surface area contributed by atoms with Crippen molar-refractivity contribution < 1.29 is 13.2 Å². The molecule has 1 aromatic carbocycles. The van der Waals surface area contributed by atoms with E-state index in [-0.39, 0.29) is 11.3 Å². The summed E-state index contributed by atoms with van der Waals surface area (Å²) in [6, 6.07) is 6.98. The number of nitrogens with one attached hydrogen (secondary N) is 1. The maximum Gasteiger partial charge on any atom is 0.417 e. The summed E-state index contributed by atoms with van der Waals surface area (Å²) in [4.78, 5) is 2.74. The number of benzene rings is 1. The molecule has 0 bridgehead atoms. The Morgan fingerprint density at radius 2 is 1.88 bits per heavy atom. The number of aromatic amines is 1. The first-order valence-corrected chi connectivity index (χ1v) is 4.59. The Hall–Kier alpha value is -1.91. The average molecular weight is 226 g/mol. The molecule has 0 saturated carbocycles. The molecule has 0 aliphatic heterocycles. The van der Waals surface area contributed by atoms with Crippen LogP contribution in [0.1, 0.15) is 5.56 Å². The van der Waals surface area contributed by atoms with Gasteiger partial charge >= 0.3 is 6.18 Å². The predicted octanol–water partition coefficient (Wildman–Crippen LogP) is 3.28. The SMILES string of the molecule is Nc1ccc(-c2ccc[nH]2)c(C(F)(F)F)c1. The molecule has 0 saturated heterocycles. The lowest BCUT2D eigenvalue weighted by Crippen LogP contribution is -2.08. The molecule has 2 aromatic rings. The number of nitrogen functional groups attached to an aromatic ring is 1. The maximum absolute atomic E-state index is 12.8. The molecular weight excluding hydrogens is 217 g/mol. The topological polar surface area (TPSA) is 41.8 Å². The Morgan fingerprint density at radius 1 is 1.12 bits per heavy atom. The highest BCUT2D eigenvalue weighted by molar-refractivity contribution is 5.67. The molecule has 0 atom stereocenters. The second-order valence-corrected chi connectivity index (χ2v) is 3.39. The molecule has 1 heterocycles. The fraction of sp³-hybridized carbons (Fsp3) is 0.0909. The van der Waals surface area contributed by atoms with Gasteiger partial charge in [-0.1, -0.05) is 6.07 Å². The molecular formula is C11H9F3N2. The summed E-state index contributed by atoms with van der Waals surface area (Å²) in [5, 5.41) is 0. The molecule has 2 rings (SSSR count). The fourth-order valence-electron chi connectivity index (χ4n) is 1.53. The monoisotopic (exact) mass is 226 g/mol. The van der Waals surface area contributed by atoms with Crippen LogP contribution in [-0.4, -0.2) is 4.98 Å². The molecule has 0 aliphatic rings. The summed E-state index contributed by atoms with van der Waals surface area (Å²) in [6.45, 7) is 0. The average Bonchev–Trinajstić information content (AvgIpc) is 2.69. The van der Waals surface area contributed by atoms with Crippen molar-refractivity contribution in [2.75, 3.05) is 5.73 Å². The van der Waals surface area contributed by atoms with E-state index >= 15 is 0 Å². The number of H-pyrrole nitrogens is 1. The minimum atomic E-state index is -4.41. The summed E-state index contributed by atoms with van der Waals surface area (Å²) < 4.78 is 38.3. The Morgan fingerprint density at radius 3 is 2.44 bits per heavy atom. The van der Waals surface area contributed by atoms with Crippen molar-refractivity contribution in [1.82, 2.24) is 4.98 Å². The summed E-state index contributed by atoms with van der Waals surface area (Å²) in [5.74, 6) is 0. The summed E-state index contributed by atoms with van der Waals surface area (Å²) >= 11 is 0. The molecule has 1 aromatic heterocycles. The zero-order chi connectivity index (χ0) is 11.8. The number of hydrogen-bond donors (Lipinski definition) is 2. The Labute approximate surface area is 89.9 Å². The summed E-state index contributed by atoms with van der Waals surface area (Å²) in [7, 11) is 0. The quantitative estimate of drug-likeness (QED) is 0.720. The molecule has 84 valence electrons. The van der Waals surface area contributed by atoms with Crippen LogP contribution in [0.15, 0.2) is 36.5 Å². The van der Waals surface area contributed by atoms with E-state index in [2.05, 4.69) is 4.98 Å². The van der Waals surface area contributed by atoms with Gasteiger partial charge in [-0.3, -0.25) is 0 Å². The van der Waals surface area contributed by atoms with Crippen molar-refractivity contribution in [2.45, 2.75) is 6.18 Å². The van der Waals surface area contributed by atoms with Gasteiger partial charge in [0.25, 0.3) is 0 Å². The van der Waals surface area contributed by atoms with Crippen LogP contribution in [0, 0.1) is 0 Å². The van der Waals surface area contributed by atoms with E-state index in [1.807, 2.05) is 0 Å². The van der Waals surface area contributed by atoms with E-state index in [1.165, 1.54) is 12.1 Å². The first-order valence-electron chi connectivity index (χ1n) is 4.59.